The number of rotatable bonds is 5. The van der Waals surface area contributed by atoms with Gasteiger partial charge in [-0.1, -0.05) is 0 Å². The highest BCUT2D eigenvalue weighted by atomic mass is 32.1. The van der Waals surface area contributed by atoms with Gasteiger partial charge in [0.05, 0.1) is 0 Å². The summed E-state index contributed by atoms with van der Waals surface area (Å²) >= 11 is 3.65. The van der Waals surface area contributed by atoms with Crippen LogP contribution in [0.25, 0.3) is 0 Å². The highest BCUT2D eigenvalue weighted by molar-refractivity contribution is 7.80. The minimum absolute atomic E-state index is 0.0509. The molecular weight excluding hydrogens is 222 g/mol. The van der Waals surface area contributed by atoms with Gasteiger partial charge in [-0.25, -0.2) is 0 Å². The van der Waals surface area contributed by atoms with E-state index in [2.05, 4.69) is 12.6 Å². The maximum Gasteiger partial charge on any atom is 0.321 e. The number of amides is 2. The molecule has 88 valence electrons. The van der Waals surface area contributed by atoms with E-state index in [4.69, 9.17) is 22.3 Å². The molecule has 0 aromatic carbocycles. The Morgan fingerprint density at radius 3 is 1.53 bits per heavy atom. The second kappa shape index (κ2) is 9.28. The smallest absolute Gasteiger partial charge is 0.321 e. The summed E-state index contributed by atoms with van der Waals surface area (Å²) in [5, 5.41) is 8.01. The van der Waals surface area contributed by atoms with Crippen molar-refractivity contribution in [2.24, 2.45) is 17.2 Å². The number of primary amides is 2. The van der Waals surface area contributed by atoms with Crippen molar-refractivity contribution in [2.75, 3.05) is 5.75 Å². The molecule has 7 nitrogen and oxygen atoms in total. The molecule has 0 unspecified atom stereocenters. The standard InChI is InChI=1S/C4H8N2O2.C3H7NO2S/c5-3(7)1-2-4(6)8;4-2(1-7)3(5)6/h1-2H2,(H2,5,7)(H2,6,8);2,7H,1,4H2,(H,5,6)/t;2-/m.0/s1. The van der Waals surface area contributed by atoms with Gasteiger partial charge in [0.2, 0.25) is 11.8 Å². The van der Waals surface area contributed by atoms with Gasteiger partial charge in [-0.3, -0.25) is 14.4 Å². The monoisotopic (exact) mass is 237 g/mol. The largest absolute Gasteiger partial charge is 0.480 e. The number of hydrogen-bond donors (Lipinski definition) is 5. The van der Waals surface area contributed by atoms with Crippen molar-refractivity contribution >= 4 is 30.4 Å². The van der Waals surface area contributed by atoms with E-state index < -0.39 is 23.8 Å². The third-order valence-corrected chi connectivity index (χ3v) is 1.53. The maximum absolute atomic E-state index is 9.92. The number of aliphatic carboxylic acids is 1. The number of carbonyl (C=O) groups is 3. The second-order valence-corrected chi connectivity index (χ2v) is 2.93. The molecule has 0 aliphatic carbocycles. The number of carbonyl (C=O) groups excluding carboxylic acids is 2. The molecule has 0 saturated heterocycles. The molecule has 0 heterocycles. The van der Waals surface area contributed by atoms with Gasteiger partial charge in [0.15, 0.2) is 0 Å². The van der Waals surface area contributed by atoms with E-state index in [0.29, 0.717) is 0 Å². The number of thiol groups is 1. The van der Waals surface area contributed by atoms with Gasteiger partial charge in [0, 0.05) is 18.6 Å². The van der Waals surface area contributed by atoms with E-state index in [0.717, 1.165) is 0 Å². The Morgan fingerprint density at radius 1 is 1.13 bits per heavy atom. The SMILES string of the molecule is NC(=O)CCC(N)=O.N[C@@H](CS)C(=O)O. The molecule has 0 bridgehead atoms. The van der Waals surface area contributed by atoms with Crippen LogP contribution < -0.4 is 17.2 Å². The van der Waals surface area contributed by atoms with Crippen LogP contribution in [-0.4, -0.2) is 34.7 Å². The third kappa shape index (κ3) is 15.5. The van der Waals surface area contributed by atoms with Gasteiger partial charge >= 0.3 is 5.97 Å². The molecule has 0 radical (unpaired) electrons. The van der Waals surface area contributed by atoms with Crippen LogP contribution in [0.5, 0.6) is 0 Å². The summed E-state index contributed by atoms with van der Waals surface area (Å²) in [6.45, 7) is 0. The van der Waals surface area contributed by atoms with Crippen LogP contribution in [-0.2, 0) is 14.4 Å². The van der Waals surface area contributed by atoms with Gasteiger partial charge in [-0.15, -0.1) is 0 Å². The number of nitrogens with two attached hydrogens (primary N) is 3. The van der Waals surface area contributed by atoms with Crippen molar-refractivity contribution in [1.29, 1.82) is 0 Å². The Kier molecular flexibility index (Phi) is 10.0. The number of carboxylic acid groups (broad SMARTS) is 1. The zero-order valence-electron chi connectivity index (χ0n) is 8.05. The molecule has 7 N–H and O–H groups in total. The van der Waals surface area contributed by atoms with Crippen molar-refractivity contribution in [1.82, 2.24) is 0 Å². The predicted octanol–water partition coefficient (Wildman–Crippen LogP) is -1.93. The first kappa shape index (κ1) is 16.2. The first-order valence-corrected chi connectivity index (χ1v) is 4.60. The molecule has 2 amide bonds. The van der Waals surface area contributed by atoms with E-state index in [1.165, 1.54) is 0 Å². The van der Waals surface area contributed by atoms with Crippen LogP contribution in [0.15, 0.2) is 0 Å². The first-order valence-electron chi connectivity index (χ1n) is 3.97. The highest BCUT2D eigenvalue weighted by Gasteiger charge is 2.06. The minimum Gasteiger partial charge on any atom is -0.480 e. The fourth-order valence-corrected chi connectivity index (χ4v) is 0.481. The summed E-state index contributed by atoms with van der Waals surface area (Å²) in [6.07, 6.45) is 0.102. The van der Waals surface area contributed by atoms with Crippen molar-refractivity contribution in [2.45, 2.75) is 18.9 Å². The Morgan fingerprint density at radius 2 is 1.47 bits per heavy atom. The Labute approximate surface area is 92.4 Å². The van der Waals surface area contributed by atoms with Gasteiger partial charge in [-0.2, -0.15) is 12.6 Å². The summed E-state index contributed by atoms with van der Waals surface area (Å²) in [4.78, 5) is 29.6. The summed E-state index contributed by atoms with van der Waals surface area (Å²) < 4.78 is 0. The average Bonchev–Trinajstić information content (AvgIpc) is 2.14. The first-order chi connectivity index (χ1) is 6.81. The van der Waals surface area contributed by atoms with E-state index in [-0.39, 0.29) is 18.6 Å². The molecule has 0 spiro atoms. The Bertz CT molecular complexity index is 220. The van der Waals surface area contributed by atoms with Gasteiger partial charge in [0.25, 0.3) is 0 Å². The van der Waals surface area contributed by atoms with Crippen molar-refractivity contribution < 1.29 is 19.5 Å². The van der Waals surface area contributed by atoms with E-state index in [1.54, 1.807) is 0 Å². The topological polar surface area (TPSA) is 150 Å². The Hall–Kier alpha value is -1.28. The van der Waals surface area contributed by atoms with Crippen LogP contribution in [0.1, 0.15) is 12.8 Å². The van der Waals surface area contributed by atoms with Crippen molar-refractivity contribution in [3.63, 3.8) is 0 Å². The van der Waals surface area contributed by atoms with Gasteiger partial charge in [0.1, 0.15) is 6.04 Å². The van der Waals surface area contributed by atoms with Crippen LogP contribution in [0, 0.1) is 0 Å². The second-order valence-electron chi connectivity index (χ2n) is 2.56. The molecule has 1 atom stereocenters. The molecular formula is C7H15N3O4S. The van der Waals surface area contributed by atoms with E-state index in [9.17, 15) is 14.4 Å². The Balaban J connectivity index is 0. The lowest BCUT2D eigenvalue weighted by atomic mass is 10.3. The fraction of sp³-hybridized carbons (Fsp3) is 0.571. The number of carboxylic acids is 1. The molecule has 0 aliphatic rings. The van der Waals surface area contributed by atoms with Crippen molar-refractivity contribution in [3.8, 4) is 0 Å². The molecule has 0 fully saturated rings. The summed E-state index contributed by atoms with van der Waals surface area (Å²) in [5.74, 6) is -1.81. The maximum atomic E-state index is 9.92. The van der Waals surface area contributed by atoms with Gasteiger partial charge < -0.3 is 22.3 Å². The predicted molar refractivity (Wildman–Crippen MR) is 57.1 cm³/mol. The molecule has 0 saturated carbocycles. The quantitative estimate of drug-likeness (QED) is 0.353. The zero-order valence-corrected chi connectivity index (χ0v) is 8.94. The molecule has 0 aromatic rings. The average molecular weight is 237 g/mol. The van der Waals surface area contributed by atoms with E-state index in [1.807, 2.05) is 0 Å². The molecule has 0 rings (SSSR count). The van der Waals surface area contributed by atoms with Crippen LogP contribution >= 0.6 is 12.6 Å². The lowest BCUT2D eigenvalue weighted by Gasteiger charge is -1.96. The normalized spacial score (nSPS) is 10.8. The van der Waals surface area contributed by atoms with Crippen LogP contribution in [0.3, 0.4) is 0 Å². The summed E-state index contributed by atoms with van der Waals surface area (Å²) in [5.41, 5.74) is 14.3. The number of hydrogen-bond acceptors (Lipinski definition) is 5. The minimum atomic E-state index is -1.00. The lowest BCUT2D eigenvalue weighted by Crippen LogP contribution is -2.31. The molecule has 15 heavy (non-hydrogen) atoms. The molecule has 0 aliphatic heterocycles. The van der Waals surface area contributed by atoms with E-state index >= 15 is 0 Å². The zero-order chi connectivity index (χ0) is 12.4. The molecule has 8 heteroatoms. The lowest BCUT2D eigenvalue weighted by molar-refractivity contribution is -0.137. The summed E-state index contributed by atoms with van der Waals surface area (Å²) in [6, 6.07) is -0.816. The molecule has 0 aromatic heterocycles. The van der Waals surface area contributed by atoms with Gasteiger partial charge in [-0.05, 0) is 0 Å². The summed E-state index contributed by atoms with van der Waals surface area (Å²) in [7, 11) is 0. The van der Waals surface area contributed by atoms with Crippen LogP contribution in [0.2, 0.25) is 0 Å². The fourth-order valence-electron chi connectivity index (χ4n) is 0.324. The third-order valence-electron chi connectivity index (χ3n) is 1.13. The van der Waals surface area contributed by atoms with Crippen molar-refractivity contribution in [3.05, 3.63) is 0 Å². The van der Waals surface area contributed by atoms with Crippen LogP contribution in [0.4, 0.5) is 0 Å². The highest BCUT2D eigenvalue weighted by Crippen LogP contribution is 1.82.